The van der Waals surface area contributed by atoms with Gasteiger partial charge in [0.05, 0.1) is 4.90 Å². The van der Waals surface area contributed by atoms with Crippen LogP contribution in [-0.2, 0) is 15.7 Å². The van der Waals surface area contributed by atoms with Crippen molar-refractivity contribution < 1.29 is 8.95 Å². The van der Waals surface area contributed by atoms with Gasteiger partial charge >= 0.3 is 0 Å². The van der Waals surface area contributed by atoms with Gasteiger partial charge < -0.3 is 4.74 Å². The van der Waals surface area contributed by atoms with Gasteiger partial charge in [-0.2, -0.15) is 4.31 Å². The van der Waals surface area contributed by atoms with Gasteiger partial charge in [0, 0.05) is 13.7 Å². The summed E-state index contributed by atoms with van der Waals surface area (Å²) in [5.41, 5.74) is 0. The molecule has 0 radical (unpaired) electrons. The quantitative estimate of drug-likeness (QED) is 0.809. The second kappa shape index (κ2) is 5.57. The van der Waals surface area contributed by atoms with Crippen molar-refractivity contribution in [2.45, 2.75) is 30.4 Å². The predicted molar refractivity (Wildman–Crippen MR) is 64.2 cm³/mol. The highest BCUT2D eigenvalue weighted by Gasteiger charge is 2.27. The maximum atomic E-state index is 12.3. The van der Waals surface area contributed by atoms with Crippen LogP contribution in [0.15, 0.2) is 35.2 Å². The molecule has 0 amide bonds. The fraction of sp³-hybridized carbons (Fsp3) is 0.500. The minimum Gasteiger partial charge on any atom is -0.365 e. The Morgan fingerprint density at radius 2 is 2.06 bits per heavy atom. The van der Waals surface area contributed by atoms with Crippen LogP contribution in [0.2, 0.25) is 0 Å². The van der Waals surface area contributed by atoms with Crippen molar-refractivity contribution in [3.05, 3.63) is 30.3 Å². The van der Waals surface area contributed by atoms with Crippen molar-refractivity contribution in [2.24, 2.45) is 0 Å². The fourth-order valence-electron chi connectivity index (χ4n) is 1.97. The number of ether oxygens (including phenoxy) is 1. The van der Waals surface area contributed by atoms with E-state index in [0.717, 1.165) is 30.7 Å². The van der Waals surface area contributed by atoms with Gasteiger partial charge in [0.1, 0.15) is 17.2 Å². The van der Waals surface area contributed by atoms with Crippen molar-refractivity contribution in [3.8, 4) is 0 Å². The summed E-state index contributed by atoms with van der Waals surface area (Å²) in [7, 11) is 0.594. The monoisotopic (exact) mass is 239 g/mol. The van der Waals surface area contributed by atoms with Crippen molar-refractivity contribution >= 4 is 11.0 Å². The molecule has 2 atom stereocenters. The average Bonchev–Trinajstić information content (AvgIpc) is 2.39. The second-order valence-corrected chi connectivity index (χ2v) is 5.33. The minimum atomic E-state index is -1.09. The summed E-state index contributed by atoms with van der Waals surface area (Å²) < 4.78 is 19.6. The van der Waals surface area contributed by atoms with Crippen LogP contribution in [0.5, 0.6) is 0 Å². The highest BCUT2D eigenvalue weighted by atomic mass is 32.2. The molecule has 16 heavy (non-hydrogen) atoms. The first-order valence-electron chi connectivity index (χ1n) is 5.59. The third-order valence-electron chi connectivity index (χ3n) is 2.83. The zero-order valence-electron chi connectivity index (χ0n) is 9.46. The molecule has 1 unspecified atom stereocenters. The summed E-state index contributed by atoms with van der Waals surface area (Å²) in [5, 5.41) is 0. The molecule has 1 aliphatic heterocycles. The summed E-state index contributed by atoms with van der Waals surface area (Å²) in [4.78, 5) is 0.853. The zero-order chi connectivity index (χ0) is 11.4. The molecule has 88 valence electrons. The van der Waals surface area contributed by atoms with Crippen LogP contribution in [0.25, 0.3) is 0 Å². The molecular formula is C12H17NO2S. The van der Waals surface area contributed by atoms with Crippen LogP contribution in [0.3, 0.4) is 0 Å². The number of methoxy groups -OCH3 is 1. The molecule has 1 heterocycles. The van der Waals surface area contributed by atoms with Gasteiger partial charge in [-0.05, 0) is 31.4 Å². The normalized spacial score (nSPS) is 24.2. The van der Waals surface area contributed by atoms with Gasteiger partial charge in [-0.1, -0.05) is 18.2 Å². The van der Waals surface area contributed by atoms with E-state index in [1.807, 2.05) is 34.6 Å². The first-order valence-corrected chi connectivity index (χ1v) is 6.70. The van der Waals surface area contributed by atoms with E-state index in [2.05, 4.69) is 0 Å². The Morgan fingerprint density at radius 1 is 1.31 bits per heavy atom. The second-order valence-electron chi connectivity index (χ2n) is 3.89. The van der Waals surface area contributed by atoms with E-state index in [1.165, 1.54) is 0 Å². The largest absolute Gasteiger partial charge is 0.365 e. The Kier molecular flexibility index (Phi) is 4.09. The smallest absolute Gasteiger partial charge is 0.129 e. The van der Waals surface area contributed by atoms with Gasteiger partial charge in [-0.15, -0.1) is 0 Å². The molecule has 0 aromatic heterocycles. The lowest BCUT2D eigenvalue weighted by molar-refractivity contribution is -0.00518. The molecule has 1 saturated heterocycles. The maximum Gasteiger partial charge on any atom is 0.129 e. The van der Waals surface area contributed by atoms with E-state index in [9.17, 15) is 4.21 Å². The zero-order valence-corrected chi connectivity index (χ0v) is 10.3. The predicted octanol–water partition coefficient (Wildman–Crippen LogP) is 2.17. The molecule has 2 rings (SSSR count). The van der Waals surface area contributed by atoms with Crippen molar-refractivity contribution in [1.82, 2.24) is 4.31 Å². The number of nitrogens with zero attached hydrogens (tertiary/aromatic N) is 1. The molecule has 0 aliphatic carbocycles. The molecule has 1 fully saturated rings. The third kappa shape index (κ3) is 2.51. The number of piperidine rings is 1. The summed E-state index contributed by atoms with van der Waals surface area (Å²) in [5.74, 6) is 0. The van der Waals surface area contributed by atoms with Gasteiger partial charge in [0.15, 0.2) is 0 Å². The Labute approximate surface area is 99.0 Å². The Balaban J connectivity index is 2.14. The first-order chi connectivity index (χ1) is 7.83. The van der Waals surface area contributed by atoms with Crippen LogP contribution in [-0.4, -0.2) is 28.4 Å². The van der Waals surface area contributed by atoms with Crippen LogP contribution < -0.4 is 0 Å². The lowest BCUT2D eigenvalue weighted by atomic mass is 10.1. The molecule has 0 N–H and O–H groups in total. The average molecular weight is 239 g/mol. The van der Waals surface area contributed by atoms with E-state index in [4.69, 9.17) is 4.74 Å². The van der Waals surface area contributed by atoms with Crippen LogP contribution >= 0.6 is 0 Å². The van der Waals surface area contributed by atoms with Crippen molar-refractivity contribution in [1.29, 1.82) is 0 Å². The first kappa shape index (κ1) is 11.8. The summed E-state index contributed by atoms with van der Waals surface area (Å²) in [6.07, 6.45) is 3.21. The lowest BCUT2D eigenvalue weighted by Crippen LogP contribution is -2.41. The maximum absolute atomic E-state index is 12.3. The highest BCUT2D eigenvalue weighted by Crippen LogP contribution is 2.22. The molecular weight excluding hydrogens is 222 g/mol. The Morgan fingerprint density at radius 3 is 2.75 bits per heavy atom. The topological polar surface area (TPSA) is 29.5 Å². The number of hydrogen-bond donors (Lipinski definition) is 0. The summed E-state index contributed by atoms with van der Waals surface area (Å²) >= 11 is 0. The third-order valence-corrected chi connectivity index (χ3v) is 4.35. The molecule has 0 bridgehead atoms. The SMILES string of the molecule is CO[C@H]1CCCCN1S(=O)c1ccccc1. The fourth-order valence-corrected chi connectivity index (χ4v) is 3.33. The molecule has 0 saturated carbocycles. The van der Waals surface area contributed by atoms with Crippen molar-refractivity contribution in [2.75, 3.05) is 13.7 Å². The van der Waals surface area contributed by atoms with E-state index in [0.29, 0.717) is 0 Å². The van der Waals surface area contributed by atoms with Gasteiger partial charge in [0.25, 0.3) is 0 Å². The van der Waals surface area contributed by atoms with Crippen LogP contribution in [0, 0.1) is 0 Å². The van der Waals surface area contributed by atoms with Crippen molar-refractivity contribution in [3.63, 3.8) is 0 Å². The molecule has 1 aromatic carbocycles. The molecule has 4 heteroatoms. The van der Waals surface area contributed by atoms with E-state index in [1.54, 1.807) is 7.11 Å². The summed E-state index contributed by atoms with van der Waals surface area (Å²) in [6, 6.07) is 9.57. The molecule has 1 aliphatic rings. The number of hydrogen-bond acceptors (Lipinski definition) is 2. The number of benzene rings is 1. The van der Waals surface area contributed by atoms with Gasteiger partial charge in [0.2, 0.25) is 0 Å². The van der Waals surface area contributed by atoms with Gasteiger partial charge in [-0.25, -0.2) is 4.21 Å². The van der Waals surface area contributed by atoms with Gasteiger partial charge in [-0.3, -0.25) is 0 Å². The van der Waals surface area contributed by atoms with E-state index in [-0.39, 0.29) is 6.23 Å². The van der Waals surface area contributed by atoms with E-state index >= 15 is 0 Å². The molecule has 3 nitrogen and oxygen atoms in total. The summed E-state index contributed by atoms with van der Waals surface area (Å²) in [6.45, 7) is 0.847. The minimum absolute atomic E-state index is 0.00482. The lowest BCUT2D eigenvalue weighted by Gasteiger charge is -2.32. The number of rotatable bonds is 3. The molecule has 0 spiro atoms. The van der Waals surface area contributed by atoms with E-state index < -0.39 is 11.0 Å². The highest BCUT2D eigenvalue weighted by molar-refractivity contribution is 7.82. The molecule has 1 aromatic rings. The Bertz CT molecular complexity index is 355. The van der Waals surface area contributed by atoms with Crippen LogP contribution in [0.4, 0.5) is 0 Å². The Hall–Kier alpha value is -0.710. The van der Waals surface area contributed by atoms with Crippen LogP contribution in [0.1, 0.15) is 19.3 Å². The standard InChI is InChI=1S/C12H17NO2S/c1-15-12-9-5-6-10-13(12)16(14)11-7-3-2-4-8-11/h2-4,7-8,12H,5-6,9-10H2,1H3/t12-,16?/m0/s1.